The number of ether oxygens (including phenoxy) is 2. The third kappa shape index (κ3) is 5.52. The Morgan fingerprint density at radius 3 is 2.33 bits per heavy atom. The van der Waals surface area contributed by atoms with Gasteiger partial charge in [0.2, 0.25) is 0 Å². The molecule has 0 aliphatic carbocycles. The molecule has 0 rings (SSSR count). The topological polar surface area (TPSA) is 38.7 Å². The van der Waals surface area contributed by atoms with Gasteiger partial charge < -0.3 is 14.6 Å². The van der Waals surface area contributed by atoms with Crippen LogP contribution in [0.15, 0.2) is 0 Å². The van der Waals surface area contributed by atoms with E-state index in [0.29, 0.717) is 13.0 Å². The van der Waals surface area contributed by atoms with Gasteiger partial charge in [-0.05, 0) is 19.8 Å². The molecule has 0 heterocycles. The SMILES string of the molecule is CCCC(O)OC(CC)OCC. The van der Waals surface area contributed by atoms with Crippen LogP contribution in [0.25, 0.3) is 0 Å². The minimum atomic E-state index is -0.675. The Balaban J connectivity index is 3.53. The van der Waals surface area contributed by atoms with Gasteiger partial charge in [-0.25, -0.2) is 0 Å². The molecule has 0 aromatic carbocycles. The van der Waals surface area contributed by atoms with Gasteiger partial charge in [0.25, 0.3) is 0 Å². The van der Waals surface area contributed by atoms with E-state index < -0.39 is 6.29 Å². The maximum atomic E-state index is 9.28. The van der Waals surface area contributed by atoms with Gasteiger partial charge in [0.15, 0.2) is 12.6 Å². The van der Waals surface area contributed by atoms with Gasteiger partial charge >= 0.3 is 0 Å². The zero-order valence-electron chi connectivity index (χ0n) is 8.25. The molecular weight excluding hydrogens is 156 g/mol. The molecule has 3 nitrogen and oxygen atoms in total. The van der Waals surface area contributed by atoms with Crippen molar-refractivity contribution < 1.29 is 14.6 Å². The van der Waals surface area contributed by atoms with Crippen molar-refractivity contribution in [3.8, 4) is 0 Å². The highest BCUT2D eigenvalue weighted by Gasteiger charge is 2.11. The first-order valence-electron chi connectivity index (χ1n) is 4.69. The average Bonchev–Trinajstić information content (AvgIpc) is 2.04. The summed E-state index contributed by atoms with van der Waals surface area (Å²) in [5.74, 6) is 0. The predicted octanol–water partition coefficient (Wildman–Crippen LogP) is 1.89. The lowest BCUT2D eigenvalue weighted by molar-refractivity contribution is -0.229. The summed E-state index contributed by atoms with van der Waals surface area (Å²) in [7, 11) is 0. The van der Waals surface area contributed by atoms with Crippen molar-refractivity contribution in [3.05, 3.63) is 0 Å². The molecule has 0 spiro atoms. The number of rotatable bonds is 7. The van der Waals surface area contributed by atoms with Crippen LogP contribution >= 0.6 is 0 Å². The van der Waals surface area contributed by atoms with Gasteiger partial charge in [-0.3, -0.25) is 0 Å². The maximum Gasteiger partial charge on any atom is 0.160 e. The quantitative estimate of drug-likeness (QED) is 0.602. The highest BCUT2D eigenvalue weighted by Crippen LogP contribution is 2.06. The monoisotopic (exact) mass is 176 g/mol. The molecule has 1 N–H and O–H groups in total. The van der Waals surface area contributed by atoms with Crippen molar-refractivity contribution in [1.29, 1.82) is 0 Å². The van der Waals surface area contributed by atoms with Crippen molar-refractivity contribution in [2.24, 2.45) is 0 Å². The fourth-order valence-electron chi connectivity index (χ4n) is 0.929. The van der Waals surface area contributed by atoms with Crippen molar-refractivity contribution in [2.75, 3.05) is 6.61 Å². The van der Waals surface area contributed by atoms with Gasteiger partial charge in [0, 0.05) is 6.61 Å². The van der Waals surface area contributed by atoms with E-state index in [1.165, 1.54) is 0 Å². The highest BCUT2D eigenvalue weighted by molar-refractivity contribution is 4.44. The number of hydrogen-bond donors (Lipinski definition) is 1. The highest BCUT2D eigenvalue weighted by atomic mass is 16.7. The third-order valence-electron chi connectivity index (χ3n) is 1.53. The maximum absolute atomic E-state index is 9.28. The van der Waals surface area contributed by atoms with Crippen molar-refractivity contribution >= 4 is 0 Å². The summed E-state index contributed by atoms with van der Waals surface area (Å²) in [6.07, 6.45) is 1.44. The Morgan fingerprint density at radius 2 is 1.92 bits per heavy atom. The number of hydrogen-bond acceptors (Lipinski definition) is 3. The van der Waals surface area contributed by atoms with Crippen LogP contribution in [0.3, 0.4) is 0 Å². The second-order valence-corrected chi connectivity index (χ2v) is 2.67. The van der Waals surface area contributed by atoms with Gasteiger partial charge in [0.05, 0.1) is 0 Å². The molecule has 2 atom stereocenters. The number of aliphatic hydroxyl groups is 1. The Kier molecular flexibility index (Phi) is 7.45. The molecule has 0 amide bonds. The summed E-state index contributed by atoms with van der Waals surface area (Å²) < 4.78 is 10.4. The van der Waals surface area contributed by atoms with E-state index in [1.807, 2.05) is 20.8 Å². The zero-order chi connectivity index (χ0) is 9.40. The smallest absolute Gasteiger partial charge is 0.160 e. The first-order chi connectivity index (χ1) is 5.74. The molecular formula is C9H20O3. The van der Waals surface area contributed by atoms with Crippen LogP contribution in [0.2, 0.25) is 0 Å². The minimum Gasteiger partial charge on any atom is -0.368 e. The molecule has 12 heavy (non-hydrogen) atoms. The van der Waals surface area contributed by atoms with Crippen LogP contribution in [-0.2, 0) is 9.47 Å². The Morgan fingerprint density at radius 1 is 1.25 bits per heavy atom. The van der Waals surface area contributed by atoms with Crippen LogP contribution < -0.4 is 0 Å². The molecule has 0 aliphatic heterocycles. The summed E-state index contributed by atoms with van der Waals surface area (Å²) in [6.45, 7) is 6.52. The second kappa shape index (κ2) is 7.53. The summed E-state index contributed by atoms with van der Waals surface area (Å²) in [5, 5.41) is 9.28. The molecule has 3 heteroatoms. The predicted molar refractivity (Wildman–Crippen MR) is 47.7 cm³/mol. The van der Waals surface area contributed by atoms with E-state index in [1.54, 1.807) is 0 Å². The Hall–Kier alpha value is -0.120. The van der Waals surface area contributed by atoms with Crippen LogP contribution in [0.5, 0.6) is 0 Å². The fourth-order valence-corrected chi connectivity index (χ4v) is 0.929. The van der Waals surface area contributed by atoms with Crippen molar-refractivity contribution in [1.82, 2.24) is 0 Å². The second-order valence-electron chi connectivity index (χ2n) is 2.67. The molecule has 2 unspecified atom stereocenters. The van der Waals surface area contributed by atoms with Gasteiger partial charge in [0.1, 0.15) is 0 Å². The fraction of sp³-hybridized carbons (Fsp3) is 1.00. The van der Waals surface area contributed by atoms with Crippen LogP contribution in [0.4, 0.5) is 0 Å². The summed E-state index contributed by atoms with van der Waals surface area (Å²) in [5.41, 5.74) is 0. The molecule has 0 fully saturated rings. The van der Waals surface area contributed by atoms with Crippen LogP contribution in [0, 0.1) is 0 Å². The molecule has 0 radical (unpaired) electrons. The van der Waals surface area contributed by atoms with E-state index in [-0.39, 0.29) is 6.29 Å². The standard InChI is InChI=1S/C9H20O3/c1-4-7-8(10)12-9(5-2)11-6-3/h8-10H,4-7H2,1-3H3. The minimum absolute atomic E-state index is 0.253. The van der Waals surface area contributed by atoms with Gasteiger partial charge in [-0.15, -0.1) is 0 Å². The molecule has 0 saturated heterocycles. The molecule has 0 aliphatic rings. The van der Waals surface area contributed by atoms with E-state index in [2.05, 4.69) is 0 Å². The normalized spacial score (nSPS) is 16.0. The lowest BCUT2D eigenvalue weighted by Crippen LogP contribution is -2.23. The first-order valence-corrected chi connectivity index (χ1v) is 4.69. The van der Waals surface area contributed by atoms with E-state index in [4.69, 9.17) is 9.47 Å². The Bertz CT molecular complexity index is 95.8. The Labute approximate surface area is 74.7 Å². The van der Waals surface area contributed by atoms with E-state index in [0.717, 1.165) is 12.8 Å². The molecule has 0 saturated carbocycles. The summed E-state index contributed by atoms with van der Waals surface area (Å²) in [4.78, 5) is 0. The van der Waals surface area contributed by atoms with Gasteiger partial charge in [-0.2, -0.15) is 0 Å². The lowest BCUT2D eigenvalue weighted by atomic mass is 10.3. The van der Waals surface area contributed by atoms with E-state index in [9.17, 15) is 5.11 Å². The molecule has 0 aromatic rings. The first kappa shape index (κ1) is 11.9. The van der Waals surface area contributed by atoms with E-state index >= 15 is 0 Å². The largest absolute Gasteiger partial charge is 0.368 e. The molecule has 74 valence electrons. The summed E-state index contributed by atoms with van der Waals surface area (Å²) in [6, 6.07) is 0. The number of aliphatic hydroxyl groups excluding tert-OH is 1. The van der Waals surface area contributed by atoms with Gasteiger partial charge in [-0.1, -0.05) is 20.3 Å². The van der Waals surface area contributed by atoms with Crippen LogP contribution in [0.1, 0.15) is 40.0 Å². The molecule has 0 bridgehead atoms. The third-order valence-corrected chi connectivity index (χ3v) is 1.53. The van der Waals surface area contributed by atoms with Crippen LogP contribution in [-0.4, -0.2) is 24.3 Å². The molecule has 0 aromatic heterocycles. The zero-order valence-corrected chi connectivity index (χ0v) is 8.25. The van der Waals surface area contributed by atoms with Crippen molar-refractivity contribution in [3.63, 3.8) is 0 Å². The summed E-state index contributed by atoms with van der Waals surface area (Å²) >= 11 is 0. The van der Waals surface area contributed by atoms with Crippen molar-refractivity contribution in [2.45, 2.75) is 52.6 Å². The average molecular weight is 176 g/mol. The lowest BCUT2D eigenvalue weighted by Gasteiger charge is -2.19.